The van der Waals surface area contributed by atoms with Crippen LogP contribution in [-0.4, -0.2) is 36.3 Å². The van der Waals surface area contributed by atoms with Gasteiger partial charge in [0.1, 0.15) is 5.75 Å². The maximum atomic E-state index is 12.4. The van der Waals surface area contributed by atoms with Crippen molar-refractivity contribution in [2.45, 2.75) is 11.3 Å². The van der Waals surface area contributed by atoms with Gasteiger partial charge < -0.3 is 5.11 Å². The molecule has 122 valence electrons. The molecule has 0 aliphatic rings. The fraction of sp³-hybridized carbons (Fsp3) is 0.200. The van der Waals surface area contributed by atoms with Crippen molar-refractivity contribution in [2.75, 3.05) is 13.6 Å². The van der Waals surface area contributed by atoms with Crippen LogP contribution in [0.3, 0.4) is 0 Å². The first kappa shape index (κ1) is 16.9. The number of phenolic OH excluding ortho intramolecular Hbond substituents is 1. The normalized spacial score (nSPS) is 11.6. The van der Waals surface area contributed by atoms with Crippen molar-refractivity contribution >= 4 is 15.7 Å². The second-order valence-electron chi connectivity index (χ2n) is 4.96. The number of phenols is 1. The molecule has 0 aromatic heterocycles. The molecule has 0 saturated carbocycles. The van der Waals surface area contributed by atoms with Crippen LogP contribution in [0.1, 0.15) is 5.56 Å². The second-order valence-corrected chi connectivity index (χ2v) is 7.00. The van der Waals surface area contributed by atoms with Crippen molar-refractivity contribution in [3.63, 3.8) is 0 Å². The van der Waals surface area contributed by atoms with Gasteiger partial charge in [-0.2, -0.15) is 0 Å². The van der Waals surface area contributed by atoms with Crippen molar-refractivity contribution in [1.82, 2.24) is 4.31 Å². The summed E-state index contributed by atoms with van der Waals surface area (Å²) in [5.41, 5.74) is 0.485. The molecule has 0 fully saturated rings. The molecule has 0 aliphatic carbocycles. The van der Waals surface area contributed by atoms with E-state index in [1.165, 1.54) is 19.2 Å². The number of nitro groups is 1. The van der Waals surface area contributed by atoms with Gasteiger partial charge in [-0.25, -0.2) is 12.7 Å². The Balaban J connectivity index is 2.12. The van der Waals surface area contributed by atoms with Crippen LogP contribution in [0.25, 0.3) is 0 Å². The van der Waals surface area contributed by atoms with Gasteiger partial charge in [0.25, 0.3) is 5.69 Å². The van der Waals surface area contributed by atoms with Gasteiger partial charge in [-0.15, -0.1) is 0 Å². The number of likely N-dealkylation sites (N-methyl/N-ethyl adjacent to an activating group) is 1. The van der Waals surface area contributed by atoms with Crippen LogP contribution in [0.5, 0.6) is 5.75 Å². The average molecular weight is 336 g/mol. The summed E-state index contributed by atoms with van der Waals surface area (Å²) in [4.78, 5) is 10.0. The Bertz CT molecular complexity index is 803. The number of rotatable bonds is 6. The molecule has 0 unspecified atom stereocenters. The molecule has 0 amide bonds. The van der Waals surface area contributed by atoms with Crippen LogP contribution < -0.4 is 0 Å². The van der Waals surface area contributed by atoms with Crippen LogP contribution >= 0.6 is 0 Å². The molecule has 2 aromatic carbocycles. The van der Waals surface area contributed by atoms with E-state index in [-0.39, 0.29) is 22.9 Å². The summed E-state index contributed by atoms with van der Waals surface area (Å²) in [5, 5.41) is 20.3. The Kier molecular flexibility index (Phi) is 4.97. The van der Waals surface area contributed by atoms with E-state index in [1.54, 1.807) is 24.3 Å². The molecule has 0 heterocycles. The van der Waals surface area contributed by atoms with E-state index in [4.69, 9.17) is 0 Å². The third kappa shape index (κ3) is 3.85. The lowest BCUT2D eigenvalue weighted by Gasteiger charge is -2.17. The van der Waals surface area contributed by atoms with E-state index >= 15 is 0 Å². The van der Waals surface area contributed by atoms with Gasteiger partial charge >= 0.3 is 0 Å². The number of nitro benzene ring substituents is 1. The maximum Gasteiger partial charge on any atom is 0.269 e. The highest BCUT2D eigenvalue weighted by Gasteiger charge is 2.21. The number of benzene rings is 2. The molecule has 2 rings (SSSR count). The number of para-hydroxylation sites is 1. The minimum Gasteiger partial charge on any atom is -0.508 e. The van der Waals surface area contributed by atoms with Crippen molar-refractivity contribution < 1.29 is 18.4 Å². The Hall–Kier alpha value is -2.45. The van der Waals surface area contributed by atoms with Gasteiger partial charge in [0, 0.05) is 25.7 Å². The van der Waals surface area contributed by atoms with E-state index in [0.717, 1.165) is 16.4 Å². The quantitative estimate of drug-likeness (QED) is 0.643. The Morgan fingerprint density at radius 3 is 2.30 bits per heavy atom. The number of non-ortho nitro benzene ring substituents is 1. The molecule has 23 heavy (non-hydrogen) atoms. The molecule has 7 nitrogen and oxygen atoms in total. The first-order valence-electron chi connectivity index (χ1n) is 6.80. The van der Waals surface area contributed by atoms with E-state index in [2.05, 4.69) is 0 Å². The highest BCUT2D eigenvalue weighted by molar-refractivity contribution is 7.89. The summed E-state index contributed by atoms with van der Waals surface area (Å²) in [6.45, 7) is 0.177. The number of sulfonamides is 1. The molecule has 0 bridgehead atoms. The second kappa shape index (κ2) is 6.76. The van der Waals surface area contributed by atoms with Crippen molar-refractivity contribution in [1.29, 1.82) is 0 Å². The van der Waals surface area contributed by atoms with Gasteiger partial charge in [-0.05, 0) is 30.2 Å². The lowest BCUT2D eigenvalue weighted by molar-refractivity contribution is -0.384. The number of hydrogen-bond donors (Lipinski definition) is 1. The first-order valence-corrected chi connectivity index (χ1v) is 8.24. The molecule has 2 aromatic rings. The zero-order chi connectivity index (χ0) is 17.0. The monoisotopic (exact) mass is 336 g/mol. The third-order valence-electron chi connectivity index (χ3n) is 3.44. The minimum atomic E-state index is -3.74. The Morgan fingerprint density at radius 1 is 1.13 bits per heavy atom. The molecular formula is C15H16N2O5S. The zero-order valence-corrected chi connectivity index (χ0v) is 13.2. The smallest absolute Gasteiger partial charge is 0.269 e. The first-order chi connectivity index (χ1) is 10.8. The SMILES string of the molecule is CN(CCc1ccccc1O)S(=O)(=O)c1ccc([N+](=O)[O-])cc1. The number of aromatic hydroxyl groups is 1. The molecule has 0 radical (unpaired) electrons. The van der Waals surface area contributed by atoms with E-state index in [1.807, 2.05) is 0 Å². The highest BCUT2D eigenvalue weighted by atomic mass is 32.2. The summed E-state index contributed by atoms with van der Waals surface area (Å²) >= 11 is 0. The summed E-state index contributed by atoms with van der Waals surface area (Å²) in [6, 6.07) is 11.5. The predicted molar refractivity (Wildman–Crippen MR) is 84.7 cm³/mol. The van der Waals surface area contributed by atoms with Crippen molar-refractivity contribution in [2.24, 2.45) is 0 Å². The van der Waals surface area contributed by atoms with Gasteiger partial charge in [-0.3, -0.25) is 10.1 Å². The number of hydrogen-bond acceptors (Lipinski definition) is 5. The Morgan fingerprint density at radius 2 is 1.74 bits per heavy atom. The van der Waals surface area contributed by atoms with Gasteiger partial charge in [-0.1, -0.05) is 18.2 Å². The number of nitrogens with zero attached hydrogens (tertiary/aromatic N) is 2. The van der Waals surface area contributed by atoms with Crippen LogP contribution in [-0.2, 0) is 16.4 Å². The molecule has 1 N–H and O–H groups in total. The van der Waals surface area contributed by atoms with E-state index in [9.17, 15) is 23.6 Å². The molecule has 0 atom stereocenters. The maximum absolute atomic E-state index is 12.4. The van der Waals surface area contributed by atoms with E-state index in [0.29, 0.717) is 12.0 Å². The van der Waals surface area contributed by atoms with Crippen molar-refractivity contribution in [3.05, 3.63) is 64.2 Å². The minimum absolute atomic E-state index is 0.0112. The fourth-order valence-electron chi connectivity index (χ4n) is 2.04. The van der Waals surface area contributed by atoms with Gasteiger partial charge in [0.2, 0.25) is 10.0 Å². The summed E-state index contributed by atoms with van der Waals surface area (Å²) in [7, 11) is -2.31. The molecule has 0 spiro atoms. The molecule has 0 aliphatic heterocycles. The van der Waals surface area contributed by atoms with Gasteiger partial charge in [0.05, 0.1) is 9.82 Å². The van der Waals surface area contributed by atoms with E-state index < -0.39 is 14.9 Å². The summed E-state index contributed by atoms with van der Waals surface area (Å²) in [6.07, 6.45) is 0.357. The van der Waals surface area contributed by atoms with Crippen LogP contribution in [0, 0.1) is 10.1 Å². The van der Waals surface area contributed by atoms with Gasteiger partial charge in [0.15, 0.2) is 0 Å². The predicted octanol–water partition coefficient (Wildman–Crippen LogP) is 2.16. The van der Waals surface area contributed by atoms with Crippen LogP contribution in [0.2, 0.25) is 0 Å². The lowest BCUT2D eigenvalue weighted by atomic mass is 10.1. The highest BCUT2D eigenvalue weighted by Crippen LogP contribution is 2.20. The average Bonchev–Trinajstić information content (AvgIpc) is 2.53. The lowest BCUT2D eigenvalue weighted by Crippen LogP contribution is -2.29. The summed E-state index contributed by atoms with van der Waals surface area (Å²) in [5.74, 6) is 0.119. The zero-order valence-electron chi connectivity index (χ0n) is 12.4. The topological polar surface area (TPSA) is 101 Å². The standard InChI is InChI=1S/C15H16N2O5S/c1-16(11-10-12-4-2-3-5-15(12)18)23(21,22)14-8-6-13(7-9-14)17(19)20/h2-9,18H,10-11H2,1H3. The third-order valence-corrected chi connectivity index (χ3v) is 5.31. The van der Waals surface area contributed by atoms with Crippen LogP contribution in [0.4, 0.5) is 5.69 Å². The summed E-state index contributed by atoms with van der Waals surface area (Å²) < 4.78 is 26.0. The molecular weight excluding hydrogens is 320 g/mol. The Labute approximate surface area is 134 Å². The van der Waals surface area contributed by atoms with Crippen LogP contribution in [0.15, 0.2) is 53.4 Å². The van der Waals surface area contributed by atoms with Crippen molar-refractivity contribution in [3.8, 4) is 5.75 Å². The molecule has 8 heteroatoms. The fourth-order valence-corrected chi connectivity index (χ4v) is 3.21. The largest absolute Gasteiger partial charge is 0.508 e. The molecule has 0 saturated heterocycles.